The van der Waals surface area contributed by atoms with Gasteiger partial charge in [-0.05, 0) is 25.3 Å². The van der Waals surface area contributed by atoms with Crippen molar-refractivity contribution >= 4 is 27.0 Å². The van der Waals surface area contributed by atoms with Crippen molar-refractivity contribution in [1.82, 2.24) is 18.8 Å². The SMILES string of the molecule is CS(=O)(=O)N1CC[C@@H](Nc2ncc3cc(C#N)c(=O)n(C4CCCC4)c3n2)[C@H](F)C1. The highest BCUT2D eigenvalue weighted by atomic mass is 32.2. The van der Waals surface area contributed by atoms with Crippen LogP contribution >= 0.6 is 0 Å². The summed E-state index contributed by atoms with van der Waals surface area (Å²) < 4.78 is 40.6. The first-order chi connectivity index (χ1) is 14.3. The molecule has 2 aromatic heterocycles. The Kier molecular flexibility index (Phi) is 5.46. The van der Waals surface area contributed by atoms with Crippen molar-refractivity contribution < 1.29 is 12.8 Å². The van der Waals surface area contributed by atoms with Gasteiger partial charge in [-0.3, -0.25) is 9.36 Å². The van der Waals surface area contributed by atoms with E-state index in [-0.39, 0.29) is 42.6 Å². The lowest BCUT2D eigenvalue weighted by Crippen LogP contribution is -2.49. The lowest BCUT2D eigenvalue weighted by atomic mass is 10.1. The van der Waals surface area contributed by atoms with Gasteiger partial charge in [0, 0.05) is 30.7 Å². The maximum Gasteiger partial charge on any atom is 0.270 e. The summed E-state index contributed by atoms with van der Waals surface area (Å²) in [5, 5.41) is 12.9. The maximum absolute atomic E-state index is 14.6. The molecule has 30 heavy (non-hydrogen) atoms. The van der Waals surface area contributed by atoms with E-state index in [0.717, 1.165) is 36.2 Å². The van der Waals surface area contributed by atoms with E-state index in [1.165, 1.54) is 12.3 Å². The molecule has 1 saturated heterocycles. The minimum absolute atomic E-state index is 0.0250. The van der Waals surface area contributed by atoms with Crippen LogP contribution in [-0.2, 0) is 10.0 Å². The molecule has 1 aliphatic carbocycles. The van der Waals surface area contributed by atoms with Crippen molar-refractivity contribution in [3.05, 3.63) is 28.2 Å². The number of nitrogens with zero attached hydrogens (tertiary/aromatic N) is 5. The number of halogens is 1. The average molecular weight is 434 g/mol. The fourth-order valence-corrected chi connectivity index (χ4v) is 5.13. The molecule has 0 unspecified atom stereocenters. The minimum Gasteiger partial charge on any atom is -0.348 e. The summed E-state index contributed by atoms with van der Waals surface area (Å²) in [6, 6.07) is 2.77. The van der Waals surface area contributed by atoms with Gasteiger partial charge < -0.3 is 5.32 Å². The van der Waals surface area contributed by atoms with Crippen LogP contribution in [0, 0.1) is 11.3 Å². The van der Waals surface area contributed by atoms with E-state index in [1.807, 2.05) is 6.07 Å². The molecule has 160 valence electrons. The Hall–Kier alpha value is -2.58. The van der Waals surface area contributed by atoms with Crippen LogP contribution in [0.4, 0.5) is 10.3 Å². The number of sulfonamides is 1. The third-order valence-electron chi connectivity index (χ3n) is 5.87. The monoisotopic (exact) mass is 434 g/mol. The molecular weight excluding hydrogens is 411 g/mol. The second-order valence-corrected chi connectivity index (χ2v) is 9.91. The van der Waals surface area contributed by atoms with Crippen LogP contribution in [0.1, 0.15) is 43.7 Å². The summed E-state index contributed by atoms with van der Waals surface area (Å²) in [5.41, 5.74) is 0.106. The first kappa shape index (κ1) is 20.7. The lowest BCUT2D eigenvalue weighted by molar-refractivity contribution is 0.186. The average Bonchev–Trinajstić information content (AvgIpc) is 3.22. The predicted molar refractivity (Wildman–Crippen MR) is 109 cm³/mol. The zero-order valence-corrected chi connectivity index (χ0v) is 17.4. The summed E-state index contributed by atoms with van der Waals surface area (Å²) in [4.78, 5) is 21.5. The number of anilines is 1. The Bertz CT molecular complexity index is 1170. The second kappa shape index (κ2) is 7.92. The molecule has 0 bridgehead atoms. The fraction of sp³-hybridized carbons (Fsp3) is 0.579. The number of fused-ring (bicyclic) bond motifs is 1. The fourth-order valence-electron chi connectivity index (χ4n) is 4.28. The molecule has 0 spiro atoms. The predicted octanol–water partition coefficient (Wildman–Crippen LogP) is 1.56. The van der Waals surface area contributed by atoms with E-state index < -0.39 is 22.2 Å². The number of rotatable bonds is 4. The maximum atomic E-state index is 14.6. The van der Waals surface area contributed by atoms with E-state index >= 15 is 0 Å². The van der Waals surface area contributed by atoms with Gasteiger partial charge in [0.15, 0.2) is 0 Å². The molecule has 2 aliphatic rings. The van der Waals surface area contributed by atoms with Gasteiger partial charge in [0.2, 0.25) is 16.0 Å². The number of alkyl halides is 1. The van der Waals surface area contributed by atoms with E-state index in [9.17, 15) is 22.9 Å². The molecule has 1 saturated carbocycles. The van der Waals surface area contributed by atoms with E-state index in [2.05, 4.69) is 15.3 Å². The van der Waals surface area contributed by atoms with Gasteiger partial charge in [0.25, 0.3) is 5.56 Å². The standard InChI is InChI=1S/C19H23FN6O3S/c1-30(28,29)25-7-6-16(15(20)11-25)23-19-22-10-13-8-12(9-21)18(27)26(17(13)24-19)14-4-2-3-5-14/h8,10,14-16H,2-7,11H2,1H3,(H,22,23,24)/t15-,16-/m1/s1. The third kappa shape index (κ3) is 3.89. The number of hydrogen-bond donors (Lipinski definition) is 1. The van der Waals surface area contributed by atoms with Gasteiger partial charge >= 0.3 is 0 Å². The molecule has 0 aromatic carbocycles. The smallest absolute Gasteiger partial charge is 0.270 e. The molecule has 0 amide bonds. The number of aromatic nitrogens is 3. The Morgan fingerprint density at radius 2 is 2.03 bits per heavy atom. The highest BCUT2D eigenvalue weighted by Crippen LogP contribution is 2.31. The van der Waals surface area contributed by atoms with Crippen molar-refractivity contribution in [2.45, 2.75) is 50.4 Å². The molecule has 2 atom stereocenters. The Morgan fingerprint density at radius 3 is 2.67 bits per heavy atom. The normalized spacial score (nSPS) is 23.5. The van der Waals surface area contributed by atoms with E-state index in [4.69, 9.17) is 0 Å². The number of nitriles is 1. The second-order valence-electron chi connectivity index (χ2n) is 7.93. The Morgan fingerprint density at radius 1 is 1.30 bits per heavy atom. The number of hydrogen-bond acceptors (Lipinski definition) is 7. The molecule has 1 aliphatic heterocycles. The summed E-state index contributed by atoms with van der Waals surface area (Å²) in [6.45, 7) is -0.00872. The van der Waals surface area contributed by atoms with Gasteiger partial charge in [0.1, 0.15) is 23.5 Å². The van der Waals surface area contributed by atoms with Crippen LogP contribution in [0.2, 0.25) is 0 Å². The summed E-state index contributed by atoms with van der Waals surface area (Å²) in [6.07, 6.45) is 5.15. The van der Waals surface area contributed by atoms with Crippen LogP contribution in [0.15, 0.2) is 17.1 Å². The number of pyridine rings is 1. The van der Waals surface area contributed by atoms with Gasteiger partial charge in [-0.25, -0.2) is 17.8 Å². The topological polar surface area (TPSA) is 121 Å². The van der Waals surface area contributed by atoms with Crippen molar-refractivity contribution in [2.75, 3.05) is 24.7 Å². The van der Waals surface area contributed by atoms with E-state index in [0.29, 0.717) is 11.0 Å². The summed E-state index contributed by atoms with van der Waals surface area (Å²) >= 11 is 0. The molecule has 3 heterocycles. The molecular formula is C19H23FN6O3S. The van der Waals surface area contributed by atoms with Crippen LogP contribution in [-0.4, -0.2) is 58.8 Å². The van der Waals surface area contributed by atoms with Gasteiger partial charge in [0.05, 0.1) is 12.3 Å². The van der Waals surface area contributed by atoms with Crippen LogP contribution < -0.4 is 10.9 Å². The minimum atomic E-state index is -3.44. The van der Waals surface area contributed by atoms with E-state index in [1.54, 1.807) is 4.57 Å². The van der Waals surface area contributed by atoms with Crippen molar-refractivity contribution in [3.63, 3.8) is 0 Å². The van der Waals surface area contributed by atoms with Crippen molar-refractivity contribution in [3.8, 4) is 6.07 Å². The largest absolute Gasteiger partial charge is 0.348 e. The van der Waals surface area contributed by atoms with Crippen molar-refractivity contribution in [1.29, 1.82) is 5.26 Å². The Labute approximate surface area is 173 Å². The highest BCUT2D eigenvalue weighted by Gasteiger charge is 2.33. The first-order valence-corrected chi connectivity index (χ1v) is 11.8. The zero-order chi connectivity index (χ0) is 21.5. The summed E-state index contributed by atoms with van der Waals surface area (Å²) in [7, 11) is -3.44. The Balaban J connectivity index is 1.66. The molecule has 2 fully saturated rings. The number of piperidine rings is 1. The van der Waals surface area contributed by atoms with Crippen molar-refractivity contribution in [2.24, 2.45) is 0 Å². The number of nitrogens with one attached hydrogen (secondary N) is 1. The quantitative estimate of drug-likeness (QED) is 0.775. The molecule has 2 aromatic rings. The van der Waals surface area contributed by atoms with Gasteiger partial charge in [-0.15, -0.1) is 0 Å². The van der Waals surface area contributed by atoms with Crippen LogP contribution in [0.5, 0.6) is 0 Å². The third-order valence-corrected chi connectivity index (χ3v) is 7.14. The van der Waals surface area contributed by atoms with Gasteiger partial charge in [-0.2, -0.15) is 14.6 Å². The first-order valence-electron chi connectivity index (χ1n) is 9.96. The molecule has 1 N–H and O–H groups in total. The molecule has 11 heteroatoms. The van der Waals surface area contributed by atoms with Crippen LogP contribution in [0.3, 0.4) is 0 Å². The molecule has 4 rings (SSSR count). The molecule has 0 radical (unpaired) electrons. The highest BCUT2D eigenvalue weighted by molar-refractivity contribution is 7.88. The van der Waals surface area contributed by atoms with Gasteiger partial charge in [-0.1, -0.05) is 12.8 Å². The lowest BCUT2D eigenvalue weighted by Gasteiger charge is -2.33. The zero-order valence-electron chi connectivity index (χ0n) is 16.6. The molecule has 9 nitrogen and oxygen atoms in total. The summed E-state index contributed by atoms with van der Waals surface area (Å²) in [5.74, 6) is 0.179. The van der Waals surface area contributed by atoms with Crippen LogP contribution in [0.25, 0.3) is 11.0 Å².